The molecule has 0 bridgehead atoms. The monoisotopic (exact) mass is 290 g/mol. The summed E-state index contributed by atoms with van der Waals surface area (Å²) in [5.41, 5.74) is 0. The van der Waals surface area contributed by atoms with Crippen molar-refractivity contribution < 1.29 is 23.1 Å². The number of hydrogen-bond donors (Lipinski definition) is 2. The molecule has 2 N–H and O–H groups in total. The van der Waals surface area contributed by atoms with Crippen LogP contribution in [0.15, 0.2) is 0 Å². The second-order valence-corrected chi connectivity index (χ2v) is 7.37. The van der Waals surface area contributed by atoms with E-state index in [-0.39, 0.29) is 17.4 Å². The van der Waals surface area contributed by atoms with Gasteiger partial charge in [0.25, 0.3) is 0 Å². The van der Waals surface area contributed by atoms with E-state index in [1.807, 2.05) is 0 Å². The minimum Gasteiger partial charge on any atom is -0.480 e. The Morgan fingerprint density at radius 3 is 2.63 bits per heavy atom. The summed E-state index contributed by atoms with van der Waals surface area (Å²) in [6.45, 7) is 0.729. The molecule has 1 unspecified atom stereocenters. The lowest BCUT2D eigenvalue weighted by Gasteiger charge is -2.22. The number of nitrogens with zero attached hydrogens (tertiary/aromatic N) is 1. The van der Waals surface area contributed by atoms with Crippen molar-refractivity contribution >= 4 is 21.8 Å². The van der Waals surface area contributed by atoms with Gasteiger partial charge in [0.05, 0.1) is 11.5 Å². The van der Waals surface area contributed by atoms with Crippen LogP contribution in [0.3, 0.4) is 0 Å². The van der Waals surface area contributed by atoms with Gasteiger partial charge in [-0.1, -0.05) is 0 Å². The first-order chi connectivity index (χ1) is 8.89. The number of hydrogen-bond acceptors (Lipinski definition) is 4. The molecule has 2 amide bonds. The lowest BCUT2D eigenvalue weighted by atomic mass is 10.1. The fourth-order valence-electron chi connectivity index (χ4n) is 2.63. The van der Waals surface area contributed by atoms with E-state index in [1.54, 1.807) is 0 Å². The molecule has 2 atom stereocenters. The minimum absolute atomic E-state index is 0.0557. The third-order valence-corrected chi connectivity index (χ3v) is 5.50. The van der Waals surface area contributed by atoms with E-state index in [9.17, 15) is 18.0 Å². The first-order valence-corrected chi connectivity index (χ1v) is 8.19. The molecule has 2 saturated heterocycles. The second-order valence-electron chi connectivity index (χ2n) is 5.14. The first-order valence-electron chi connectivity index (χ1n) is 6.37. The molecule has 0 radical (unpaired) electrons. The molecule has 2 aliphatic heterocycles. The average Bonchev–Trinajstić information content (AvgIpc) is 2.92. The van der Waals surface area contributed by atoms with Crippen LogP contribution in [0.4, 0.5) is 4.79 Å². The minimum atomic E-state index is -2.95. The number of aliphatic carboxylic acids is 1. The maximum absolute atomic E-state index is 11.9. The predicted molar refractivity (Wildman–Crippen MR) is 67.5 cm³/mol. The van der Waals surface area contributed by atoms with Gasteiger partial charge in [-0.2, -0.15) is 0 Å². The van der Waals surface area contributed by atoms with Crippen LogP contribution in [-0.2, 0) is 14.6 Å². The van der Waals surface area contributed by atoms with Gasteiger partial charge in [0.2, 0.25) is 0 Å². The molecule has 19 heavy (non-hydrogen) atoms. The van der Waals surface area contributed by atoms with E-state index in [0.29, 0.717) is 32.4 Å². The molecule has 0 aromatic carbocycles. The number of carboxylic acid groups (broad SMARTS) is 1. The lowest BCUT2D eigenvalue weighted by molar-refractivity contribution is -0.141. The van der Waals surface area contributed by atoms with Crippen molar-refractivity contribution in [3.8, 4) is 0 Å². The third-order valence-electron chi connectivity index (χ3n) is 3.67. The van der Waals surface area contributed by atoms with Gasteiger partial charge in [-0.15, -0.1) is 0 Å². The topological polar surface area (TPSA) is 104 Å². The maximum atomic E-state index is 11.9. The van der Waals surface area contributed by atoms with Gasteiger partial charge in [0.1, 0.15) is 6.04 Å². The zero-order valence-corrected chi connectivity index (χ0v) is 11.4. The number of likely N-dealkylation sites (tertiary alicyclic amines) is 1. The van der Waals surface area contributed by atoms with Crippen LogP contribution >= 0.6 is 0 Å². The fourth-order valence-corrected chi connectivity index (χ4v) is 4.49. The van der Waals surface area contributed by atoms with Crippen LogP contribution in [0.1, 0.15) is 19.3 Å². The van der Waals surface area contributed by atoms with E-state index in [0.717, 1.165) is 0 Å². The van der Waals surface area contributed by atoms with Crippen molar-refractivity contribution in [3.05, 3.63) is 0 Å². The Morgan fingerprint density at radius 2 is 2.05 bits per heavy atom. The summed E-state index contributed by atoms with van der Waals surface area (Å²) in [5.74, 6) is -0.763. The van der Waals surface area contributed by atoms with Crippen LogP contribution in [0.2, 0.25) is 0 Å². The third kappa shape index (κ3) is 3.37. The van der Waals surface area contributed by atoms with Gasteiger partial charge < -0.3 is 15.3 Å². The number of rotatable bonds is 3. The molecule has 0 saturated carbocycles. The number of amides is 2. The van der Waals surface area contributed by atoms with Crippen molar-refractivity contribution in [2.24, 2.45) is 5.92 Å². The van der Waals surface area contributed by atoms with Gasteiger partial charge in [-0.25, -0.2) is 18.0 Å². The number of carbonyl (C=O) groups excluding carboxylic acids is 1. The highest BCUT2D eigenvalue weighted by Crippen LogP contribution is 2.19. The molecule has 0 aliphatic carbocycles. The van der Waals surface area contributed by atoms with E-state index >= 15 is 0 Å². The largest absolute Gasteiger partial charge is 0.480 e. The molecule has 8 heteroatoms. The van der Waals surface area contributed by atoms with Crippen LogP contribution in [0.5, 0.6) is 0 Å². The maximum Gasteiger partial charge on any atom is 0.326 e. The molecule has 7 nitrogen and oxygen atoms in total. The van der Waals surface area contributed by atoms with E-state index in [2.05, 4.69) is 5.32 Å². The molecule has 0 aromatic heterocycles. The molecular weight excluding hydrogens is 272 g/mol. The first kappa shape index (κ1) is 14.1. The van der Waals surface area contributed by atoms with E-state index in [4.69, 9.17) is 5.11 Å². The molecule has 2 aliphatic rings. The van der Waals surface area contributed by atoms with Gasteiger partial charge in [-0.05, 0) is 25.2 Å². The Morgan fingerprint density at radius 1 is 1.32 bits per heavy atom. The summed E-state index contributed by atoms with van der Waals surface area (Å²) in [4.78, 5) is 24.2. The van der Waals surface area contributed by atoms with E-state index < -0.39 is 27.9 Å². The van der Waals surface area contributed by atoms with Crippen molar-refractivity contribution in [2.45, 2.75) is 25.3 Å². The molecular formula is C11H18N2O5S. The summed E-state index contributed by atoms with van der Waals surface area (Å²) >= 11 is 0. The van der Waals surface area contributed by atoms with Gasteiger partial charge in [-0.3, -0.25) is 0 Å². The lowest BCUT2D eigenvalue weighted by Crippen LogP contribution is -2.47. The van der Waals surface area contributed by atoms with Crippen molar-refractivity contribution in [1.29, 1.82) is 0 Å². The van der Waals surface area contributed by atoms with Gasteiger partial charge >= 0.3 is 12.0 Å². The highest BCUT2D eigenvalue weighted by Gasteiger charge is 2.34. The molecule has 2 fully saturated rings. The Labute approximate surface area is 111 Å². The summed E-state index contributed by atoms with van der Waals surface area (Å²) in [6.07, 6.45) is 1.72. The highest BCUT2D eigenvalue weighted by molar-refractivity contribution is 7.91. The van der Waals surface area contributed by atoms with Crippen LogP contribution < -0.4 is 5.32 Å². The van der Waals surface area contributed by atoms with Crippen molar-refractivity contribution in [1.82, 2.24) is 10.2 Å². The summed E-state index contributed by atoms with van der Waals surface area (Å²) < 4.78 is 22.6. The van der Waals surface area contributed by atoms with Crippen LogP contribution in [-0.4, -0.2) is 61.1 Å². The Bertz CT molecular complexity index is 475. The van der Waals surface area contributed by atoms with Gasteiger partial charge in [0.15, 0.2) is 9.84 Å². The Kier molecular flexibility index (Phi) is 3.98. The van der Waals surface area contributed by atoms with Gasteiger partial charge in [0, 0.05) is 13.1 Å². The predicted octanol–water partition coefficient (Wildman–Crippen LogP) is -0.320. The Hall–Kier alpha value is -1.31. The number of nitrogens with one attached hydrogen (secondary N) is 1. The standard InChI is InChI=1S/C11H18N2O5S/c14-10(15)9-2-1-4-13(9)11(16)12-6-8-3-5-19(17,18)7-8/h8-9H,1-7H2,(H,12,16)(H,14,15)/t8?,9-/m0/s1. The smallest absolute Gasteiger partial charge is 0.326 e. The van der Waals surface area contributed by atoms with Crippen molar-refractivity contribution in [3.63, 3.8) is 0 Å². The zero-order valence-electron chi connectivity index (χ0n) is 10.5. The number of sulfone groups is 1. The van der Waals surface area contributed by atoms with Crippen LogP contribution in [0.25, 0.3) is 0 Å². The van der Waals surface area contributed by atoms with Crippen molar-refractivity contribution in [2.75, 3.05) is 24.6 Å². The molecule has 0 aromatic rings. The SMILES string of the molecule is O=C(O)[C@@H]1CCCN1C(=O)NCC1CCS(=O)(=O)C1. The highest BCUT2D eigenvalue weighted by atomic mass is 32.2. The fraction of sp³-hybridized carbons (Fsp3) is 0.818. The number of urea groups is 1. The summed E-state index contributed by atoms with van der Waals surface area (Å²) in [5, 5.41) is 11.6. The number of carbonyl (C=O) groups is 2. The number of carboxylic acids is 1. The van der Waals surface area contributed by atoms with E-state index in [1.165, 1.54) is 4.90 Å². The van der Waals surface area contributed by atoms with Crippen LogP contribution in [0, 0.1) is 5.92 Å². The average molecular weight is 290 g/mol. The second kappa shape index (κ2) is 5.36. The molecule has 108 valence electrons. The zero-order chi connectivity index (χ0) is 14.0. The summed E-state index contributed by atoms with van der Waals surface area (Å²) in [7, 11) is -2.95. The molecule has 2 rings (SSSR count). The quantitative estimate of drug-likeness (QED) is 0.741. The molecule has 2 heterocycles. The summed E-state index contributed by atoms with van der Waals surface area (Å²) in [6, 6.07) is -1.17. The normalized spacial score (nSPS) is 29.4. The molecule has 0 spiro atoms. The Balaban J connectivity index is 1.83.